The Morgan fingerprint density at radius 2 is 1.39 bits per heavy atom. The van der Waals surface area contributed by atoms with Crippen molar-refractivity contribution in [2.24, 2.45) is 5.10 Å². The molecule has 0 bridgehead atoms. The van der Waals surface area contributed by atoms with E-state index in [1.165, 1.54) is 0 Å². The molecule has 0 aliphatic heterocycles. The van der Waals surface area contributed by atoms with E-state index in [2.05, 4.69) is 36.4 Å². The van der Waals surface area contributed by atoms with Crippen LogP contribution in [0.15, 0.2) is 107 Å². The molecular formula is C27H19BrN4O. The first-order valence-electron chi connectivity index (χ1n) is 10.4. The van der Waals surface area contributed by atoms with Gasteiger partial charge in [0, 0.05) is 21.2 Å². The Morgan fingerprint density at radius 1 is 0.758 bits per heavy atom. The van der Waals surface area contributed by atoms with Gasteiger partial charge in [0.15, 0.2) is 0 Å². The quantitative estimate of drug-likeness (QED) is 0.206. The van der Waals surface area contributed by atoms with E-state index >= 15 is 0 Å². The first kappa shape index (κ1) is 20.8. The Labute approximate surface area is 199 Å². The third-order valence-corrected chi connectivity index (χ3v) is 5.72. The van der Waals surface area contributed by atoms with Gasteiger partial charge in [-0.1, -0.05) is 88.7 Å². The Kier molecular flexibility index (Phi) is 5.83. The van der Waals surface area contributed by atoms with E-state index in [-0.39, 0.29) is 5.75 Å². The zero-order valence-electron chi connectivity index (χ0n) is 17.5. The summed E-state index contributed by atoms with van der Waals surface area (Å²) in [6.45, 7) is 0. The van der Waals surface area contributed by atoms with Gasteiger partial charge in [-0.05, 0) is 35.0 Å². The third kappa shape index (κ3) is 4.61. The van der Waals surface area contributed by atoms with E-state index in [1.54, 1.807) is 12.3 Å². The van der Waals surface area contributed by atoms with Gasteiger partial charge in [-0.25, -0.2) is 15.4 Å². The third-order valence-electron chi connectivity index (χ3n) is 5.22. The van der Waals surface area contributed by atoms with E-state index in [1.807, 2.05) is 91.0 Å². The summed E-state index contributed by atoms with van der Waals surface area (Å²) in [5.74, 6) is 0.522. The standard InChI is InChI=1S/C27H19BrN4O/c28-21-12-13-22-20(15-21)11-14-26(33)23(22)17-29-32-27-30-24(18-7-3-1-4-8-18)16-25(31-27)19-9-5-2-6-10-19/h1-17,33H,(H,30,31,32)/b29-17+. The number of benzene rings is 4. The van der Waals surface area contributed by atoms with Crippen LogP contribution in [0.5, 0.6) is 5.75 Å². The smallest absolute Gasteiger partial charge is 0.244 e. The minimum atomic E-state index is 0.152. The van der Waals surface area contributed by atoms with Crippen LogP contribution in [0.4, 0.5) is 5.95 Å². The average molecular weight is 495 g/mol. The number of aromatic nitrogens is 2. The van der Waals surface area contributed by atoms with E-state index in [0.717, 1.165) is 37.8 Å². The topological polar surface area (TPSA) is 70.4 Å². The molecular weight excluding hydrogens is 476 g/mol. The van der Waals surface area contributed by atoms with E-state index in [9.17, 15) is 5.11 Å². The molecule has 0 spiro atoms. The minimum absolute atomic E-state index is 0.152. The van der Waals surface area contributed by atoms with Gasteiger partial charge < -0.3 is 5.11 Å². The largest absolute Gasteiger partial charge is 0.507 e. The van der Waals surface area contributed by atoms with Crippen molar-refractivity contribution < 1.29 is 5.11 Å². The van der Waals surface area contributed by atoms with Crippen LogP contribution in [0.1, 0.15) is 5.56 Å². The Balaban J connectivity index is 1.52. The summed E-state index contributed by atoms with van der Waals surface area (Å²) in [6, 6.07) is 31.3. The number of phenolic OH excluding ortho intramolecular Hbond substituents is 1. The molecule has 0 amide bonds. The van der Waals surface area contributed by atoms with Crippen LogP contribution in [0.3, 0.4) is 0 Å². The fourth-order valence-electron chi connectivity index (χ4n) is 3.61. The highest BCUT2D eigenvalue weighted by Crippen LogP contribution is 2.28. The van der Waals surface area contributed by atoms with Gasteiger partial charge in [-0.2, -0.15) is 5.10 Å². The van der Waals surface area contributed by atoms with Gasteiger partial charge in [0.05, 0.1) is 17.6 Å². The Morgan fingerprint density at radius 3 is 2.03 bits per heavy atom. The maximum atomic E-state index is 10.4. The molecule has 160 valence electrons. The number of halogens is 1. The highest BCUT2D eigenvalue weighted by Gasteiger charge is 2.09. The fourth-order valence-corrected chi connectivity index (χ4v) is 3.99. The van der Waals surface area contributed by atoms with Crippen molar-refractivity contribution in [2.45, 2.75) is 0 Å². The number of fused-ring (bicyclic) bond motifs is 1. The van der Waals surface area contributed by atoms with Gasteiger partial charge in [-0.3, -0.25) is 0 Å². The lowest BCUT2D eigenvalue weighted by atomic mass is 10.0. The number of hydrazone groups is 1. The normalized spacial score (nSPS) is 11.2. The molecule has 33 heavy (non-hydrogen) atoms. The SMILES string of the molecule is Oc1ccc2cc(Br)ccc2c1/C=N/Nc1nc(-c2ccccc2)cc(-c2ccccc2)n1. The summed E-state index contributed by atoms with van der Waals surface area (Å²) < 4.78 is 0.973. The molecule has 2 N–H and O–H groups in total. The minimum Gasteiger partial charge on any atom is -0.507 e. The molecule has 5 aromatic rings. The van der Waals surface area contributed by atoms with Crippen molar-refractivity contribution in [3.63, 3.8) is 0 Å². The molecule has 0 saturated carbocycles. The summed E-state index contributed by atoms with van der Waals surface area (Å²) in [5.41, 5.74) is 7.12. The molecule has 4 aromatic carbocycles. The molecule has 5 nitrogen and oxygen atoms in total. The van der Waals surface area contributed by atoms with E-state index < -0.39 is 0 Å². The van der Waals surface area contributed by atoms with Crippen molar-refractivity contribution in [1.82, 2.24) is 9.97 Å². The van der Waals surface area contributed by atoms with E-state index in [4.69, 9.17) is 0 Å². The summed E-state index contributed by atoms with van der Waals surface area (Å²) in [5, 5.41) is 16.6. The first-order valence-corrected chi connectivity index (χ1v) is 11.2. The molecule has 1 aromatic heterocycles. The second kappa shape index (κ2) is 9.22. The average Bonchev–Trinajstić information content (AvgIpc) is 2.86. The second-order valence-corrected chi connectivity index (χ2v) is 8.34. The van der Waals surface area contributed by atoms with Gasteiger partial charge in [0.25, 0.3) is 0 Å². The predicted molar refractivity (Wildman–Crippen MR) is 137 cm³/mol. The van der Waals surface area contributed by atoms with Crippen LogP contribution in [0, 0.1) is 0 Å². The van der Waals surface area contributed by atoms with E-state index in [0.29, 0.717) is 11.5 Å². The van der Waals surface area contributed by atoms with Crippen LogP contribution >= 0.6 is 15.9 Å². The molecule has 0 atom stereocenters. The maximum absolute atomic E-state index is 10.4. The highest BCUT2D eigenvalue weighted by atomic mass is 79.9. The molecule has 0 saturated heterocycles. The number of aromatic hydroxyl groups is 1. The molecule has 6 heteroatoms. The molecule has 0 unspecified atom stereocenters. The number of anilines is 1. The zero-order chi connectivity index (χ0) is 22.6. The summed E-state index contributed by atoms with van der Waals surface area (Å²) in [4.78, 5) is 9.30. The molecule has 0 fully saturated rings. The lowest BCUT2D eigenvalue weighted by molar-refractivity contribution is 0.475. The number of nitrogens with one attached hydrogen (secondary N) is 1. The van der Waals surface area contributed by atoms with Crippen LogP contribution in [-0.4, -0.2) is 21.3 Å². The molecule has 0 aliphatic rings. The molecule has 1 heterocycles. The van der Waals surface area contributed by atoms with Crippen LogP contribution in [0.25, 0.3) is 33.3 Å². The Bertz CT molecular complexity index is 1400. The monoisotopic (exact) mass is 494 g/mol. The number of phenols is 1. The van der Waals surface area contributed by atoms with Crippen molar-refractivity contribution in [3.05, 3.63) is 107 Å². The van der Waals surface area contributed by atoms with Gasteiger partial charge >= 0.3 is 0 Å². The van der Waals surface area contributed by atoms with Gasteiger partial charge in [0.1, 0.15) is 5.75 Å². The fraction of sp³-hybridized carbons (Fsp3) is 0. The predicted octanol–water partition coefficient (Wildman–Crippen LogP) is 6.88. The zero-order valence-corrected chi connectivity index (χ0v) is 19.1. The van der Waals surface area contributed by atoms with Crippen LogP contribution < -0.4 is 5.43 Å². The van der Waals surface area contributed by atoms with Gasteiger partial charge in [-0.15, -0.1) is 0 Å². The lowest BCUT2D eigenvalue weighted by Crippen LogP contribution is -2.00. The number of nitrogens with zero attached hydrogens (tertiary/aromatic N) is 3. The highest BCUT2D eigenvalue weighted by molar-refractivity contribution is 9.10. The van der Waals surface area contributed by atoms with Crippen molar-refractivity contribution in [2.75, 3.05) is 5.43 Å². The Hall–Kier alpha value is -4.03. The molecule has 0 radical (unpaired) electrons. The lowest BCUT2D eigenvalue weighted by Gasteiger charge is -2.09. The number of hydrogen-bond acceptors (Lipinski definition) is 5. The summed E-state index contributed by atoms with van der Waals surface area (Å²) in [6.07, 6.45) is 1.59. The molecule has 0 aliphatic carbocycles. The van der Waals surface area contributed by atoms with Crippen LogP contribution in [0.2, 0.25) is 0 Å². The second-order valence-electron chi connectivity index (χ2n) is 7.43. The first-order chi connectivity index (χ1) is 16.2. The molecule has 5 rings (SSSR count). The van der Waals surface area contributed by atoms with Crippen molar-refractivity contribution in [3.8, 4) is 28.3 Å². The van der Waals surface area contributed by atoms with Crippen molar-refractivity contribution in [1.29, 1.82) is 0 Å². The maximum Gasteiger partial charge on any atom is 0.244 e. The summed E-state index contributed by atoms with van der Waals surface area (Å²) in [7, 11) is 0. The van der Waals surface area contributed by atoms with Gasteiger partial charge in [0.2, 0.25) is 5.95 Å². The summed E-state index contributed by atoms with van der Waals surface area (Å²) >= 11 is 3.49. The van der Waals surface area contributed by atoms with Crippen molar-refractivity contribution >= 4 is 38.9 Å². The van der Waals surface area contributed by atoms with Crippen LogP contribution in [-0.2, 0) is 0 Å². The number of hydrogen-bond donors (Lipinski definition) is 2. The number of rotatable bonds is 5.